The van der Waals surface area contributed by atoms with Crippen LogP contribution in [0.4, 0.5) is 0 Å². The monoisotopic (exact) mass is 273 g/mol. The van der Waals surface area contributed by atoms with Gasteiger partial charge in [-0.2, -0.15) is 0 Å². The predicted octanol–water partition coefficient (Wildman–Crippen LogP) is 4.21. The first-order valence-corrected chi connectivity index (χ1v) is 7.12. The maximum absolute atomic E-state index is 11.2. The zero-order valence-corrected chi connectivity index (χ0v) is 11.8. The Bertz CT molecular complexity index is 657. The number of oxazole rings is 1. The lowest BCUT2D eigenvalue weighted by Crippen LogP contribution is -2.26. The van der Waals surface area contributed by atoms with Crippen molar-refractivity contribution in [3.8, 4) is 0 Å². The molecule has 3 rings (SSSR count). The third-order valence-electron chi connectivity index (χ3n) is 4.47. The van der Waals surface area contributed by atoms with E-state index in [0.717, 1.165) is 12.8 Å². The molecule has 1 atom stereocenters. The van der Waals surface area contributed by atoms with E-state index in [2.05, 4.69) is 18.8 Å². The van der Waals surface area contributed by atoms with Gasteiger partial charge in [0.15, 0.2) is 11.5 Å². The largest absolute Gasteiger partial charge is 0.478 e. The van der Waals surface area contributed by atoms with Crippen LogP contribution >= 0.6 is 0 Å². The Balaban J connectivity index is 2.09. The second-order valence-corrected chi connectivity index (χ2v) is 6.30. The summed E-state index contributed by atoms with van der Waals surface area (Å²) >= 11 is 0. The fourth-order valence-electron chi connectivity index (χ4n) is 3.24. The van der Waals surface area contributed by atoms with Gasteiger partial charge in [-0.1, -0.05) is 32.8 Å². The molecule has 1 N–H and O–H groups in total. The quantitative estimate of drug-likeness (QED) is 0.890. The van der Waals surface area contributed by atoms with Gasteiger partial charge in [-0.15, -0.1) is 0 Å². The van der Waals surface area contributed by atoms with E-state index in [0.29, 0.717) is 17.0 Å². The van der Waals surface area contributed by atoms with Gasteiger partial charge in [0.1, 0.15) is 11.1 Å². The van der Waals surface area contributed by atoms with Crippen molar-refractivity contribution >= 4 is 17.1 Å². The normalized spacial score (nSPS) is 22.0. The van der Waals surface area contributed by atoms with Gasteiger partial charge >= 0.3 is 5.97 Å². The first kappa shape index (κ1) is 13.2. The van der Waals surface area contributed by atoms with E-state index in [1.54, 1.807) is 12.1 Å². The van der Waals surface area contributed by atoms with Gasteiger partial charge in [-0.3, -0.25) is 0 Å². The maximum Gasteiger partial charge on any atom is 0.339 e. The van der Waals surface area contributed by atoms with Crippen molar-refractivity contribution in [2.24, 2.45) is 5.41 Å². The summed E-state index contributed by atoms with van der Waals surface area (Å²) in [5, 5.41) is 9.22. The summed E-state index contributed by atoms with van der Waals surface area (Å²) in [4.78, 5) is 15.8. The van der Waals surface area contributed by atoms with E-state index < -0.39 is 5.97 Å². The van der Waals surface area contributed by atoms with Crippen LogP contribution in [0.1, 0.15) is 61.7 Å². The molecule has 1 aliphatic rings. The number of carboxylic acids is 1. The predicted molar refractivity (Wildman–Crippen MR) is 76.0 cm³/mol. The molecule has 2 aromatic rings. The first-order chi connectivity index (χ1) is 9.49. The number of para-hydroxylation sites is 1. The molecule has 1 heterocycles. The molecule has 1 aromatic heterocycles. The zero-order valence-electron chi connectivity index (χ0n) is 11.8. The second kappa shape index (κ2) is 4.62. The van der Waals surface area contributed by atoms with E-state index >= 15 is 0 Å². The Morgan fingerprint density at radius 1 is 1.40 bits per heavy atom. The van der Waals surface area contributed by atoms with E-state index in [-0.39, 0.29) is 16.9 Å². The molecule has 1 aromatic carbocycles. The molecule has 0 radical (unpaired) electrons. The van der Waals surface area contributed by atoms with Crippen molar-refractivity contribution in [3.05, 3.63) is 29.7 Å². The van der Waals surface area contributed by atoms with Gasteiger partial charge in [0, 0.05) is 5.92 Å². The van der Waals surface area contributed by atoms with Gasteiger partial charge in [0.2, 0.25) is 0 Å². The number of nitrogens with zero attached hydrogens (tertiary/aromatic N) is 1. The van der Waals surface area contributed by atoms with Crippen molar-refractivity contribution in [1.29, 1.82) is 0 Å². The number of hydrogen-bond acceptors (Lipinski definition) is 3. The molecule has 0 spiro atoms. The summed E-state index contributed by atoms with van der Waals surface area (Å²) in [6, 6.07) is 5.08. The highest BCUT2D eigenvalue weighted by Gasteiger charge is 2.36. The Morgan fingerprint density at radius 2 is 2.20 bits per heavy atom. The molecule has 1 saturated carbocycles. The van der Waals surface area contributed by atoms with Crippen molar-refractivity contribution in [1.82, 2.24) is 4.98 Å². The van der Waals surface area contributed by atoms with Gasteiger partial charge in [0.05, 0.1) is 0 Å². The van der Waals surface area contributed by atoms with Crippen LogP contribution in [0.3, 0.4) is 0 Å². The summed E-state index contributed by atoms with van der Waals surface area (Å²) in [5.41, 5.74) is 1.38. The smallest absolute Gasteiger partial charge is 0.339 e. The summed E-state index contributed by atoms with van der Waals surface area (Å²) < 4.78 is 5.84. The lowest BCUT2D eigenvalue weighted by Gasteiger charge is -2.36. The summed E-state index contributed by atoms with van der Waals surface area (Å²) in [6.07, 6.45) is 4.63. The average molecular weight is 273 g/mol. The molecule has 0 saturated heterocycles. The molecule has 4 nitrogen and oxygen atoms in total. The minimum absolute atomic E-state index is 0.155. The lowest BCUT2D eigenvalue weighted by molar-refractivity contribution is 0.0697. The number of carbonyl (C=O) groups is 1. The van der Waals surface area contributed by atoms with Crippen LogP contribution in [0.2, 0.25) is 0 Å². The summed E-state index contributed by atoms with van der Waals surface area (Å²) in [5.74, 6) is -0.00935. The lowest BCUT2D eigenvalue weighted by atomic mass is 9.69. The Labute approximate surface area is 117 Å². The molecule has 1 aliphatic carbocycles. The number of carboxylic acid groups (broad SMARTS) is 1. The molecule has 0 aliphatic heterocycles. The zero-order chi connectivity index (χ0) is 14.3. The van der Waals surface area contributed by atoms with Crippen molar-refractivity contribution in [3.63, 3.8) is 0 Å². The number of hydrogen-bond donors (Lipinski definition) is 1. The molecular weight excluding hydrogens is 254 g/mol. The van der Waals surface area contributed by atoms with Crippen LogP contribution in [0, 0.1) is 5.41 Å². The molecule has 106 valence electrons. The fraction of sp³-hybridized carbons (Fsp3) is 0.500. The number of rotatable bonds is 2. The molecule has 1 unspecified atom stereocenters. The standard InChI is InChI=1S/C16H19NO3/c1-16(2)9-4-3-7-11(16)14-17-12-8-5-6-10(15(18)19)13(12)20-14/h5-6,8,11H,3-4,7,9H2,1-2H3,(H,18,19). The van der Waals surface area contributed by atoms with Crippen LogP contribution < -0.4 is 0 Å². The van der Waals surface area contributed by atoms with Gasteiger partial charge in [-0.05, 0) is 30.4 Å². The minimum atomic E-state index is -0.971. The topological polar surface area (TPSA) is 63.3 Å². The molecule has 1 fully saturated rings. The highest BCUT2D eigenvalue weighted by Crippen LogP contribution is 2.47. The van der Waals surface area contributed by atoms with Crippen LogP contribution in [0.25, 0.3) is 11.1 Å². The minimum Gasteiger partial charge on any atom is -0.478 e. The Kier molecular flexibility index (Phi) is 3.04. The molecule has 0 bridgehead atoms. The molecule has 0 amide bonds. The van der Waals surface area contributed by atoms with Gasteiger partial charge < -0.3 is 9.52 Å². The first-order valence-electron chi connectivity index (χ1n) is 7.12. The SMILES string of the molecule is CC1(C)CCCCC1c1nc2cccc(C(=O)O)c2o1. The van der Waals surface area contributed by atoms with Crippen LogP contribution in [-0.2, 0) is 0 Å². The Morgan fingerprint density at radius 3 is 2.90 bits per heavy atom. The van der Waals surface area contributed by atoms with Crippen LogP contribution in [-0.4, -0.2) is 16.1 Å². The van der Waals surface area contributed by atoms with Crippen molar-refractivity contribution < 1.29 is 14.3 Å². The summed E-state index contributed by atoms with van der Waals surface area (Å²) in [7, 11) is 0. The van der Waals surface area contributed by atoms with E-state index in [9.17, 15) is 9.90 Å². The number of benzene rings is 1. The molecular formula is C16H19NO3. The third-order valence-corrected chi connectivity index (χ3v) is 4.47. The second-order valence-electron chi connectivity index (χ2n) is 6.30. The highest BCUT2D eigenvalue weighted by molar-refractivity contribution is 5.99. The number of aromatic nitrogens is 1. The third kappa shape index (κ3) is 2.09. The van der Waals surface area contributed by atoms with Gasteiger partial charge in [-0.25, -0.2) is 9.78 Å². The van der Waals surface area contributed by atoms with E-state index in [1.165, 1.54) is 12.8 Å². The average Bonchev–Trinajstić information content (AvgIpc) is 2.80. The van der Waals surface area contributed by atoms with E-state index in [4.69, 9.17) is 4.42 Å². The molecule has 4 heteroatoms. The van der Waals surface area contributed by atoms with Gasteiger partial charge in [0.25, 0.3) is 0 Å². The van der Waals surface area contributed by atoms with Crippen molar-refractivity contribution in [2.45, 2.75) is 45.4 Å². The maximum atomic E-state index is 11.2. The number of aromatic carboxylic acids is 1. The Hall–Kier alpha value is -1.84. The fourth-order valence-corrected chi connectivity index (χ4v) is 3.24. The number of fused-ring (bicyclic) bond motifs is 1. The molecule has 20 heavy (non-hydrogen) atoms. The van der Waals surface area contributed by atoms with Crippen LogP contribution in [0.5, 0.6) is 0 Å². The van der Waals surface area contributed by atoms with Crippen LogP contribution in [0.15, 0.2) is 22.6 Å². The summed E-state index contributed by atoms with van der Waals surface area (Å²) in [6.45, 7) is 4.48. The van der Waals surface area contributed by atoms with Crippen molar-refractivity contribution in [2.75, 3.05) is 0 Å². The highest BCUT2D eigenvalue weighted by atomic mass is 16.4. The van der Waals surface area contributed by atoms with E-state index in [1.807, 2.05) is 6.07 Å².